The minimum Gasteiger partial charge on any atom is -0.440 e. The number of oxazole rings is 1. The van der Waals surface area contributed by atoms with Gasteiger partial charge in [-0.05, 0) is 61.3 Å². The highest BCUT2D eigenvalue weighted by molar-refractivity contribution is 5.91. The molecule has 2 atom stereocenters. The van der Waals surface area contributed by atoms with Gasteiger partial charge in [-0.25, -0.2) is 13.8 Å². The molecule has 5 rings (SSSR count). The summed E-state index contributed by atoms with van der Waals surface area (Å²) >= 11 is 0. The van der Waals surface area contributed by atoms with Crippen LogP contribution in [0, 0.1) is 11.8 Å². The molecule has 0 bridgehead atoms. The summed E-state index contributed by atoms with van der Waals surface area (Å²) in [5, 5.41) is 7.18. The Morgan fingerprint density at radius 1 is 1.15 bits per heavy atom. The molecule has 2 aliphatic carbocycles. The number of primary amides is 1. The summed E-state index contributed by atoms with van der Waals surface area (Å²) in [5.74, 6) is -4.61. The second kappa shape index (κ2) is 10.5. The maximum atomic E-state index is 14.0. The van der Waals surface area contributed by atoms with Gasteiger partial charge in [-0.1, -0.05) is 6.07 Å². The van der Waals surface area contributed by atoms with Crippen molar-refractivity contribution in [2.75, 3.05) is 0 Å². The molecule has 40 heavy (non-hydrogen) atoms. The van der Waals surface area contributed by atoms with Crippen LogP contribution in [0.2, 0.25) is 0 Å². The number of amides is 2. The van der Waals surface area contributed by atoms with E-state index >= 15 is 0 Å². The van der Waals surface area contributed by atoms with Gasteiger partial charge in [0.25, 0.3) is 5.91 Å². The maximum Gasteiger partial charge on any atom is 0.389 e. The summed E-state index contributed by atoms with van der Waals surface area (Å²) < 4.78 is 73.1. The van der Waals surface area contributed by atoms with Crippen LogP contribution in [-0.4, -0.2) is 38.7 Å². The molecule has 3 N–H and O–H groups in total. The van der Waals surface area contributed by atoms with Gasteiger partial charge in [0, 0.05) is 26.3 Å². The van der Waals surface area contributed by atoms with Crippen molar-refractivity contribution in [3.05, 3.63) is 47.1 Å². The first-order valence-electron chi connectivity index (χ1n) is 13.3. The van der Waals surface area contributed by atoms with Gasteiger partial charge in [0.15, 0.2) is 5.58 Å². The molecular weight excluding hydrogens is 537 g/mol. The van der Waals surface area contributed by atoms with Crippen molar-refractivity contribution in [2.45, 2.75) is 75.4 Å². The van der Waals surface area contributed by atoms with E-state index < -0.39 is 48.7 Å². The minimum atomic E-state index is -4.42. The smallest absolute Gasteiger partial charge is 0.389 e. The average molecular weight is 568 g/mol. The van der Waals surface area contributed by atoms with Crippen molar-refractivity contribution in [1.82, 2.24) is 20.1 Å². The number of nitrogens with two attached hydrogens (primary N) is 1. The fourth-order valence-electron chi connectivity index (χ4n) is 5.53. The van der Waals surface area contributed by atoms with Gasteiger partial charge in [0.2, 0.25) is 17.7 Å². The lowest BCUT2D eigenvalue weighted by molar-refractivity contribution is -0.144. The molecule has 2 heterocycles. The predicted molar refractivity (Wildman–Crippen MR) is 133 cm³/mol. The van der Waals surface area contributed by atoms with Crippen molar-refractivity contribution in [2.24, 2.45) is 24.6 Å². The standard InChI is InChI=1S/C27H30F5N5O3/c1-37-19(24(33)39)13-18(36-37)22(14-6-9-26(28,29)10-7-14)25-34-17-12-16(4-5-20(17)40-25)23(15-2-3-15)35-21(38)8-11-27(30,31)32/h4-5,12-15,22-23H,2-3,6-11H2,1H3,(H2,33,39)(H,35,38). The number of halogens is 5. The molecule has 13 heteroatoms. The zero-order chi connectivity index (χ0) is 28.8. The van der Waals surface area contributed by atoms with Gasteiger partial charge >= 0.3 is 6.18 Å². The van der Waals surface area contributed by atoms with E-state index in [9.17, 15) is 31.5 Å². The highest BCUT2D eigenvalue weighted by Gasteiger charge is 2.41. The Kier molecular flexibility index (Phi) is 7.34. The lowest BCUT2D eigenvalue weighted by Crippen LogP contribution is -2.30. The lowest BCUT2D eigenvalue weighted by atomic mass is 9.77. The Morgan fingerprint density at radius 2 is 1.85 bits per heavy atom. The van der Waals surface area contributed by atoms with Gasteiger partial charge in [0.05, 0.1) is 24.1 Å². The number of carbonyl (C=O) groups is 2. The zero-order valence-corrected chi connectivity index (χ0v) is 21.8. The van der Waals surface area contributed by atoms with Gasteiger partial charge < -0.3 is 15.5 Å². The number of nitrogens with zero attached hydrogens (tertiary/aromatic N) is 3. The van der Waals surface area contributed by atoms with Crippen molar-refractivity contribution >= 4 is 22.9 Å². The average Bonchev–Trinajstić information content (AvgIpc) is 3.51. The molecule has 0 radical (unpaired) electrons. The van der Waals surface area contributed by atoms with Crippen LogP contribution in [0.3, 0.4) is 0 Å². The molecule has 2 aliphatic rings. The number of fused-ring (bicyclic) bond motifs is 1. The van der Waals surface area contributed by atoms with Crippen molar-refractivity contribution in [3.8, 4) is 0 Å². The molecule has 2 unspecified atom stereocenters. The van der Waals surface area contributed by atoms with Crippen molar-refractivity contribution in [1.29, 1.82) is 0 Å². The molecule has 0 saturated heterocycles. The Morgan fingerprint density at radius 3 is 2.45 bits per heavy atom. The van der Waals surface area contributed by atoms with Crippen LogP contribution in [0.15, 0.2) is 28.7 Å². The van der Waals surface area contributed by atoms with Gasteiger partial charge in [-0.2, -0.15) is 18.3 Å². The number of hydrogen-bond acceptors (Lipinski definition) is 5. The van der Waals surface area contributed by atoms with Crippen LogP contribution in [0.5, 0.6) is 0 Å². The van der Waals surface area contributed by atoms with Crippen molar-refractivity contribution in [3.63, 3.8) is 0 Å². The van der Waals surface area contributed by atoms with Gasteiger partial charge in [0.1, 0.15) is 11.2 Å². The summed E-state index contributed by atoms with van der Waals surface area (Å²) in [6.45, 7) is 0. The first kappa shape index (κ1) is 28.0. The third kappa shape index (κ3) is 6.28. The molecule has 3 aromatic rings. The number of rotatable bonds is 9. The van der Waals surface area contributed by atoms with Crippen molar-refractivity contribution < 1.29 is 36.0 Å². The van der Waals surface area contributed by atoms with E-state index in [0.29, 0.717) is 22.4 Å². The molecule has 0 aliphatic heterocycles. The number of aromatic nitrogens is 3. The third-order valence-electron chi connectivity index (χ3n) is 7.80. The second-order valence-corrected chi connectivity index (χ2v) is 10.9. The Balaban J connectivity index is 1.45. The molecule has 2 amide bonds. The second-order valence-electron chi connectivity index (χ2n) is 10.9. The molecule has 1 aromatic carbocycles. The van der Waals surface area contributed by atoms with E-state index in [1.165, 1.54) is 10.7 Å². The largest absolute Gasteiger partial charge is 0.440 e. The van der Waals surface area contributed by atoms with Crippen LogP contribution in [0.4, 0.5) is 22.0 Å². The predicted octanol–water partition coefficient (Wildman–Crippen LogP) is 5.53. The molecule has 0 spiro atoms. The lowest BCUT2D eigenvalue weighted by Gasteiger charge is -2.31. The first-order valence-corrected chi connectivity index (χ1v) is 13.3. The number of nitrogens with one attached hydrogen (secondary N) is 1. The highest BCUT2D eigenvalue weighted by Crippen LogP contribution is 2.46. The summed E-state index contributed by atoms with van der Waals surface area (Å²) in [6, 6.07) is 6.22. The van der Waals surface area contributed by atoms with Gasteiger partial charge in [-0.3, -0.25) is 14.3 Å². The zero-order valence-electron chi connectivity index (χ0n) is 21.8. The number of alkyl halides is 5. The molecule has 2 fully saturated rings. The van der Waals surface area contributed by atoms with Crippen LogP contribution in [0.1, 0.15) is 91.0 Å². The fourth-order valence-corrected chi connectivity index (χ4v) is 5.53. The number of carbonyl (C=O) groups excluding carboxylic acids is 2. The summed E-state index contributed by atoms with van der Waals surface area (Å²) in [6.07, 6.45) is -4.75. The van der Waals surface area contributed by atoms with Crippen LogP contribution < -0.4 is 11.1 Å². The molecular formula is C27H30F5N5O3. The highest BCUT2D eigenvalue weighted by atomic mass is 19.4. The SMILES string of the molecule is Cn1nc(C(c2nc3cc(C(NC(=O)CCC(F)(F)F)C4CC4)ccc3o2)C2CCC(F)(F)CC2)cc1C(N)=O. The molecule has 216 valence electrons. The molecule has 2 saturated carbocycles. The van der Waals surface area contributed by atoms with E-state index in [1.54, 1.807) is 25.2 Å². The number of aryl methyl sites for hydroxylation is 1. The summed E-state index contributed by atoms with van der Waals surface area (Å²) in [7, 11) is 1.56. The number of hydrogen-bond donors (Lipinski definition) is 2. The molecule has 8 nitrogen and oxygen atoms in total. The van der Waals surface area contributed by atoms with E-state index in [-0.39, 0.29) is 49.1 Å². The van der Waals surface area contributed by atoms with Crippen LogP contribution in [0.25, 0.3) is 11.1 Å². The van der Waals surface area contributed by atoms with Gasteiger partial charge in [-0.15, -0.1) is 0 Å². The Hall–Kier alpha value is -3.51. The quantitative estimate of drug-likeness (QED) is 0.330. The normalized spacial score (nSPS) is 19.4. The Labute approximate surface area is 226 Å². The van der Waals surface area contributed by atoms with E-state index in [4.69, 9.17) is 10.2 Å². The molecule has 2 aromatic heterocycles. The van der Waals surface area contributed by atoms with E-state index in [0.717, 1.165) is 12.8 Å². The number of benzene rings is 1. The summed E-state index contributed by atoms with van der Waals surface area (Å²) in [5.41, 5.74) is 7.64. The van der Waals surface area contributed by atoms with Crippen LogP contribution in [-0.2, 0) is 11.8 Å². The van der Waals surface area contributed by atoms with E-state index in [1.807, 2.05) is 0 Å². The minimum absolute atomic E-state index is 0.107. The third-order valence-corrected chi connectivity index (χ3v) is 7.80. The topological polar surface area (TPSA) is 116 Å². The monoisotopic (exact) mass is 567 g/mol. The fraction of sp³-hybridized carbons (Fsp3) is 0.556. The Bertz CT molecular complexity index is 1400. The maximum absolute atomic E-state index is 14.0. The van der Waals surface area contributed by atoms with E-state index in [2.05, 4.69) is 15.4 Å². The summed E-state index contributed by atoms with van der Waals surface area (Å²) in [4.78, 5) is 28.8. The van der Waals surface area contributed by atoms with Crippen LogP contribution >= 0.6 is 0 Å². The first-order chi connectivity index (χ1) is 18.8.